The van der Waals surface area contributed by atoms with Gasteiger partial charge in [0.1, 0.15) is 36.3 Å². The molecule has 1 aromatic carbocycles. The maximum Gasteiger partial charge on any atom is 0.146 e. The molecule has 6 rings (SSSR count). The molecule has 3 aliphatic rings. The average Bonchev–Trinajstić information content (AvgIpc) is 3.20. The minimum atomic E-state index is -0.638. The molecule has 0 spiro atoms. The van der Waals surface area contributed by atoms with Crippen LogP contribution in [0.15, 0.2) is 36.8 Å². The van der Waals surface area contributed by atoms with E-state index in [1.807, 2.05) is 12.1 Å². The zero-order chi connectivity index (χ0) is 23.1. The number of fused-ring (bicyclic) bond motifs is 1. The number of likely N-dealkylation sites (tertiary alicyclic amines) is 1. The molecule has 1 atom stereocenters. The zero-order valence-electron chi connectivity index (χ0n) is 19.4. The second-order valence-corrected chi connectivity index (χ2v) is 10.0. The number of aromatic nitrogens is 3. The molecule has 0 amide bonds. The summed E-state index contributed by atoms with van der Waals surface area (Å²) in [5.74, 6) is 1.93. The molecule has 2 N–H and O–H groups in total. The van der Waals surface area contributed by atoms with E-state index in [0.29, 0.717) is 37.5 Å². The average molecular weight is 466 g/mol. The minimum absolute atomic E-state index is 0.168. The smallest absolute Gasteiger partial charge is 0.146 e. The number of ether oxygens (including phenoxy) is 2. The van der Waals surface area contributed by atoms with E-state index in [9.17, 15) is 4.39 Å². The van der Waals surface area contributed by atoms with E-state index < -0.39 is 6.17 Å². The third kappa shape index (κ3) is 4.25. The molecule has 4 heterocycles. The lowest BCUT2D eigenvalue weighted by Crippen LogP contribution is -2.51. The van der Waals surface area contributed by atoms with Gasteiger partial charge in [-0.15, -0.1) is 0 Å². The highest BCUT2D eigenvalue weighted by molar-refractivity contribution is 6.00. The Bertz CT molecular complexity index is 1150. The first-order valence-corrected chi connectivity index (χ1v) is 12.5. The summed E-state index contributed by atoms with van der Waals surface area (Å²) >= 11 is 0. The van der Waals surface area contributed by atoms with Gasteiger partial charge in [0.05, 0.1) is 11.5 Å². The van der Waals surface area contributed by atoms with Crippen LogP contribution >= 0.6 is 0 Å². The zero-order valence-corrected chi connectivity index (χ0v) is 19.4. The number of alkyl halides is 1. The third-order valence-electron chi connectivity index (χ3n) is 7.53. The van der Waals surface area contributed by atoms with E-state index >= 15 is 0 Å². The Morgan fingerprint density at radius 1 is 1.18 bits per heavy atom. The minimum Gasteiger partial charge on any atom is -0.491 e. The van der Waals surface area contributed by atoms with E-state index in [1.165, 1.54) is 6.42 Å². The largest absolute Gasteiger partial charge is 0.491 e. The Hall–Kier alpha value is -2.71. The molecule has 34 heavy (non-hydrogen) atoms. The lowest BCUT2D eigenvalue weighted by Gasteiger charge is -2.43. The van der Waals surface area contributed by atoms with Crippen molar-refractivity contribution >= 4 is 16.9 Å². The van der Waals surface area contributed by atoms with Crippen molar-refractivity contribution in [2.24, 2.45) is 5.92 Å². The van der Waals surface area contributed by atoms with Gasteiger partial charge in [-0.1, -0.05) is 12.1 Å². The molecule has 8 heteroatoms. The third-order valence-corrected chi connectivity index (χ3v) is 7.53. The summed E-state index contributed by atoms with van der Waals surface area (Å²) in [7, 11) is 0. The predicted molar refractivity (Wildman–Crippen MR) is 130 cm³/mol. The molecule has 3 fully saturated rings. The topological polar surface area (TPSA) is 78.4 Å². The maximum atomic E-state index is 13.1. The number of anilines is 1. The maximum absolute atomic E-state index is 13.1. The number of nitrogens with zero attached hydrogens (tertiary/aromatic N) is 4. The van der Waals surface area contributed by atoms with Gasteiger partial charge in [-0.05, 0) is 55.7 Å². The molecule has 2 saturated heterocycles. The molecule has 1 aliphatic carbocycles. The van der Waals surface area contributed by atoms with Gasteiger partial charge in [-0.3, -0.25) is 4.90 Å². The van der Waals surface area contributed by atoms with E-state index in [-0.39, 0.29) is 6.10 Å². The van der Waals surface area contributed by atoms with Crippen LogP contribution in [0.3, 0.4) is 0 Å². The fourth-order valence-electron chi connectivity index (χ4n) is 5.58. The van der Waals surface area contributed by atoms with Gasteiger partial charge in [0.2, 0.25) is 0 Å². The molecular weight excluding hydrogens is 433 g/mol. The van der Waals surface area contributed by atoms with Gasteiger partial charge in [0.15, 0.2) is 0 Å². The molecule has 2 aromatic heterocycles. The SMILES string of the molecule is Nc1ncnc2c1c(-c1cccc(OCC3CCCCO3)c1)cn2[C@H]1C[C@H](CN2CC(F)C2)C1. The number of halogens is 1. The molecule has 7 nitrogen and oxygen atoms in total. The second kappa shape index (κ2) is 9.15. The Morgan fingerprint density at radius 3 is 2.85 bits per heavy atom. The Morgan fingerprint density at radius 2 is 2.06 bits per heavy atom. The Labute approximate surface area is 199 Å². The van der Waals surface area contributed by atoms with E-state index in [0.717, 1.165) is 66.7 Å². The molecule has 2 aliphatic heterocycles. The van der Waals surface area contributed by atoms with Crippen LogP contribution < -0.4 is 10.5 Å². The van der Waals surface area contributed by atoms with Gasteiger partial charge < -0.3 is 19.8 Å². The molecule has 180 valence electrons. The Kier molecular flexibility index (Phi) is 5.87. The van der Waals surface area contributed by atoms with Gasteiger partial charge >= 0.3 is 0 Å². The monoisotopic (exact) mass is 465 g/mol. The molecule has 0 bridgehead atoms. The van der Waals surface area contributed by atoms with Crippen LogP contribution in [0.5, 0.6) is 5.75 Å². The van der Waals surface area contributed by atoms with E-state index in [1.54, 1.807) is 6.33 Å². The summed E-state index contributed by atoms with van der Waals surface area (Å²) in [5, 5.41) is 0.890. The molecular formula is C26H32FN5O2. The predicted octanol–water partition coefficient (Wildman–Crippen LogP) is 4.23. The fourth-order valence-corrected chi connectivity index (χ4v) is 5.58. The van der Waals surface area contributed by atoms with Crippen LogP contribution in [-0.4, -0.2) is 64.6 Å². The van der Waals surface area contributed by atoms with Crippen molar-refractivity contribution in [2.45, 2.75) is 50.4 Å². The first-order valence-electron chi connectivity index (χ1n) is 12.5. The summed E-state index contributed by atoms with van der Waals surface area (Å²) in [6, 6.07) is 8.52. The lowest BCUT2D eigenvalue weighted by molar-refractivity contribution is -0.0110. The number of hydrogen-bond donors (Lipinski definition) is 1. The number of benzene rings is 1. The number of nitrogens with two attached hydrogens (primary N) is 1. The highest BCUT2D eigenvalue weighted by Crippen LogP contribution is 2.43. The highest BCUT2D eigenvalue weighted by atomic mass is 19.1. The Balaban J connectivity index is 1.22. The van der Waals surface area contributed by atoms with Gasteiger partial charge in [0.25, 0.3) is 0 Å². The van der Waals surface area contributed by atoms with Crippen molar-refractivity contribution in [3.05, 3.63) is 36.8 Å². The quantitative estimate of drug-likeness (QED) is 0.563. The fraction of sp³-hybridized carbons (Fsp3) is 0.538. The van der Waals surface area contributed by atoms with Crippen LogP contribution in [0.4, 0.5) is 10.2 Å². The molecule has 0 radical (unpaired) electrons. The van der Waals surface area contributed by atoms with E-state index in [4.69, 9.17) is 15.2 Å². The van der Waals surface area contributed by atoms with Gasteiger partial charge in [-0.2, -0.15) is 0 Å². The van der Waals surface area contributed by atoms with Crippen LogP contribution in [0, 0.1) is 5.92 Å². The lowest BCUT2D eigenvalue weighted by atomic mass is 9.79. The van der Waals surface area contributed by atoms with Crippen LogP contribution in [0.25, 0.3) is 22.2 Å². The summed E-state index contributed by atoms with van der Waals surface area (Å²) < 4.78 is 27.3. The summed E-state index contributed by atoms with van der Waals surface area (Å²) in [6.07, 6.45) is 8.77. The second-order valence-electron chi connectivity index (χ2n) is 10.0. The molecule has 3 aromatic rings. The van der Waals surface area contributed by atoms with Gasteiger partial charge in [-0.25, -0.2) is 14.4 Å². The molecule has 1 saturated carbocycles. The van der Waals surface area contributed by atoms with Gasteiger partial charge in [0, 0.05) is 44.0 Å². The first-order chi connectivity index (χ1) is 16.6. The normalized spacial score (nSPS) is 25.7. The highest BCUT2D eigenvalue weighted by Gasteiger charge is 2.36. The molecule has 1 unspecified atom stereocenters. The number of nitrogen functional groups attached to an aromatic ring is 1. The van der Waals surface area contributed by atoms with Crippen molar-refractivity contribution in [3.8, 4) is 16.9 Å². The summed E-state index contributed by atoms with van der Waals surface area (Å²) in [4.78, 5) is 11.1. The first kappa shape index (κ1) is 21.8. The standard InChI is InChI=1S/C26H32FN5O2/c27-19-12-31(13-19)11-17-8-20(9-17)32-14-23(24-25(28)29-16-30-26(24)32)18-4-3-6-21(10-18)34-15-22-5-1-2-7-33-22/h3-4,6,10,14,16-17,19-20,22H,1-2,5,7-9,11-13,15H2,(H2,28,29,30)/t17-,20-,22?. The van der Waals surface area contributed by atoms with Crippen molar-refractivity contribution in [1.29, 1.82) is 0 Å². The summed E-state index contributed by atoms with van der Waals surface area (Å²) in [5.41, 5.74) is 9.28. The van der Waals surface area contributed by atoms with E-state index in [2.05, 4.69) is 37.8 Å². The van der Waals surface area contributed by atoms with Crippen LogP contribution in [-0.2, 0) is 4.74 Å². The van der Waals surface area contributed by atoms with Crippen LogP contribution in [0.1, 0.15) is 38.1 Å². The number of rotatable bonds is 7. The number of hydrogen-bond acceptors (Lipinski definition) is 6. The van der Waals surface area contributed by atoms with Crippen molar-refractivity contribution in [3.63, 3.8) is 0 Å². The van der Waals surface area contributed by atoms with Crippen molar-refractivity contribution in [1.82, 2.24) is 19.4 Å². The van der Waals surface area contributed by atoms with Crippen molar-refractivity contribution in [2.75, 3.05) is 38.6 Å². The summed E-state index contributed by atoms with van der Waals surface area (Å²) in [6.45, 7) is 3.56. The van der Waals surface area contributed by atoms with Crippen molar-refractivity contribution < 1.29 is 13.9 Å². The van der Waals surface area contributed by atoms with Crippen LogP contribution in [0.2, 0.25) is 0 Å².